The summed E-state index contributed by atoms with van der Waals surface area (Å²) in [4.78, 5) is 2.20. The molecule has 1 aliphatic heterocycles. The molecule has 6 nitrogen and oxygen atoms in total. The zero-order chi connectivity index (χ0) is 14.9. The second-order valence-electron chi connectivity index (χ2n) is 5.19. The number of nitrogens with zero attached hydrogens (tertiary/aromatic N) is 1. The molecule has 0 amide bonds. The van der Waals surface area contributed by atoms with Gasteiger partial charge in [-0.25, -0.2) is 13.6 Å². The molecular formula is C13H21N3O3S. The van der Waals surface area contributed by atoms with E-state index in [1.807, 2.05) is 6.92 Å². The molecular weight excluding hydrogens is 278 g/mol. The van der Waals surface area contributed by atoms with Crippen LogP contribution in [0.3, 0.4) is 0 Å². The Morgan fingerprint density at radius 2 is 2.10 bits per heavy atom. The summed E-state index contributed by atoms with van der Waals surface area (Å²) in [6.07, 6.45) is 0.986. The average molecular weight is 299 g/mol. The van der Waals surface area contributed by atoms with Crippen LogP contribution in [0.15, 0.2) is 17.0 Å². The molecule has 1 fully saturated rings. The predicted octanol–water partition coefficient (Wildman–Crippen LogP) is 0.840. The van der Waals surface area contributed by atoms with Crippen LogP contribution in [0.2, 0.25) is 0 Å². The van der Waals surface area contributed by atoms with Gasteiger partial charge in [-0.05, 0) is 38.0 Å². The summed E-state index contributed by atoms with van der Waals surface area (Å²) in [5.41, 5.74) is 7.67. The molecule has 1 saturated heterocycles. The van der Waals surface area contributed by atoms with Crippen molar-refractivity contribution in [2.24, 2.45) is 5.14 Å². The van der Waals surface area contributed by atoms with Gasteiger partial charge in [0.2, 0.25) is 10.0 Å². The van der Waals surface area contributed by atoms with Gasteiger partial charge in [-0.15, -0.1) is 0 Å². The van der Waals surface area contributed by atoms with E-state index in [1.54, 1.807) is 13.0 Å². The molecule has 112 valence electrons. The number of nitrogens with two attached hydrogens (primary N) is 2. The van der Waals surface area contributed by atoms with E-state index in [0.717, 1.165) is 18.7 Å². The molecule has 0 aromatic heterocycles. The van der Waals surface area contributed by atoms with Crippen LogP contribution in [-0.2, 0) is 14.8 Å². The van der Waals surface area contributed by atoms with Crippen molar-refractivity contribution in [2.75, 3.05) is 30.3 Å². The maximum Gasteiger partial charge on any atom is 0.238 e. The van der Waals surface area contributed by atoms with E-state index in [1.165, 1.54) is 6.07 Å². The van der Waals surface area contributed by atoms with Gasteiger partial charge in [-0.2, -0.15) is 0 Å². The van der Waals surface area contributed by atoms with Crippen molar-refractivity contribution in [3.05, 3.63) is 17.7 Å². The Kier molecular flexibility index (Phi) is 4.22. The second-order valence-corrected chi connectivity index (χ2v) is 6.72. The maximum atomic E-state index is 11.7. The first-order chi connectivity index (χ1) is 9.29. The topological polar surface area (TPSA) is 98.7 Å². The van der Waals surface area contributed by atoms with Crippen LogP contribution in [0.5, 0.6) is 0 Å². The van der Waals surface area contributed by atoms with E-state index in [9.17, 15) is 8.42 Å². The molecule has 1 atom stereocenters. The van der Waals surface area contributed by atoms with Crippen molar-refractivity contribution >= 4 is 21.4 Å². The van der Waals surface area contributed by atoms with Gasteiger partial charge in [0.25, 0.3) is 0 Å². The minimum atomic E-state index is -3.78. The quantitative estimate of drug-likeness (QED) is 0.788. The minimum absolute atomic E-state index is 0.0883. The molecule has 2 rings (SSSR count). The first-order valence-electron chi connectivity index (χ1n) is 6.58. The predicted molar refractivity (Wildman–Crippen MR) is 79.2 cm³/mol. The Hall–Kier alpha value is -1.31. The number of ether oxygens (including phenoxy) is 1. The third-order valence-electron chi connectivity index (χ3n) is 3.45. The molecule has 0 aliphatic carbocycles. The molecule has 1 aromatic rings. The Morgan fingerprint density at radius 1 is 1.40 bits per heavy atom. The highest BCUT2D eigenvalue weighted by molar-refractivity contribution is 7.89. The van der Waals surface area contributed by atoms with E-state index >= 15 is 0 Å². The zero-order valence-electron chi connectivity index (χ0n) is 11.8. The number of hydrogen-bond donors (Lipinski definition) is 2. The molecule has 0 saturated carbocycles. The number of sulfonamides is 1. The van der Waals surface area contributed by atoms with Crippen molar-refractivity contribution < 1.29 is 13.2 Å². The van der Waals surface area contributed by atoms with Crippen molar-refractivity contribution in [1.82, 2.24) is 0 Å². The fourth-order valence-corrected chi connectivity index (χ4v) is 3.36. The molecule has 0 bridgehead atoms. The lowest BCUT2D eigenvalue weighted by molar-refractivity contribution is 0.0821. The number of hydrogen-bond acceptors (Lipinski definition) is 5. The Bertz CT molecular complexity index is 601. The molecule has 1 aliphatic rings. The molecule has 1 aromatic carbocycles. The number of rotatable bonds is 2. The van der Waals surface area contributed by atoms with Crippen molar-refractivity contribution in [3.63, 3.8) is 0 Å². The second kappa shape index (κ2) is 5.59. The largest absolute Gasteiger partial charge is 0.399 e. The fourth-order valence-electron chi connectivity index (χ4n) is 2.53. The van der Waals surface area contributed by atoms with Crippen molar-refractivity contribution in [3.8, 4) is 0 Å². The Labute approximate surface area is 119 Å². The summed E-state index contributed by atoms with van der Waals surface area (Å²) in [6.45, 7) is 5.97. The monoisotopic (exact) mass is 299 g/mol. The van der Waals surface area contributed by atoms with Crippen LogP contribution in [-0.4, -0.2) is 34.2 Å². The summed E-state index contributed by atoms with van der Waals surface area (Å²) in [7, 11) is -3.78. The Morgan fingerprint density at radius 3 is 2.75 bits per heavy atom. The zero-order valence-corrected chi connectivity index (χ0v) is 12.6. The van der Waals surface area contributed by atoms with Crippen LogP contribution in [0, 0.1) is 6.92 Å². The molecule has 4 N–H and O–H groups in total. The summed E-state index contributed by atoms with van der Waals surface area (Å²) < 4.78 is 28.9. The highest BCUT2D eigenvalue weighted by atomic mass is 32.2. The van der Waals surface area contributed by atoms with Gasteiger partial charge < -0.3 is 15.4 Å². The highest BCUT2D eigenvalue weighted by Gasteiger charge is 2.21. The molecule has 0 spiro atoms. The molecule has 1 heterocycles. The molecule has 0 radical (unpaired) electrons. The lowest BCUT2D eigenvalue weighted by Crippen LogP contribution is -2.31. The summed E-state index contributed by atoms with van der Waals surface area (Å²) in [6, 6.07) is 3.20. The highest BCUT2D eigenvalue weighted by Crippen LogP contribution is 2.30. The number of benzene rings is 1. The summed E-state index contributed by atoms with van der Waals surface area (Å²) in [5, 5.41) is 5.26. The van der Waals surface area contributed by atoms with Crippen molar-refractivity contribution in [2.45, 2.75) is 31.3 Å². The smallest absolute Gasteiger partial charge is 0.238 e. The third-order valence-corrected chi connectivity index (χ3v) is 4.49. The molecule has 7 heteroatoms. The van der Waals surface area contributed by atoms with Crippen LogP contribution >= 0.6 is 0 Å². The van der Waals surface area contributed by atoms with Gasteiger partial charge in [0.1, 0.15) is 0 Å². The third kappa shape index (κ3) is 3.23. The van der Waals surface area contributed by atoms with Gasteiger partial charge >= 0.3 is 0 Å². The Balaban J connectivity index is 2.48. The number of nitrogen functional groups attached to an aromatic ring is 1. The van der Waals surface area contributed by atoms with Crippen molar-refractivity contribution in [1.29, 1.82) is 0 Å². The first-order valence-corrected chi connectivity index (χ1v) is 8.13. The summed E-state index contributed by atoms with van der Waals surface area (Å²) >= 11 is 0. The molecule has 1 unspecified atom stereocenters. The van der Waals surface area contributed by atoms with E-state index in [4.69, 9.17) is 15.6 Å². The van der Waals surface area contributed by atoms with Gasteiger partial charge in [0.15, 0.2) is 0 Å². The lowest BCUT2D eigenvalue weighted by Gasteiger charge is -2.27. The summed E-state index contributed by atoms with van der Waals surface area (Å²) in [5.74, 6) is 0. The van der Waals surface area contributed by atoms with Gasteiger partial charge in [-0.3, -0.25) is 0 Å². The average Bonchev–Trinajstić information content (AvgIpc) is 2.55. The maximum absolute atomic E-state index is 11.7. The normalized spacial score (nSPS) is 20.8. The van der Waals surface area contributed by atoms with Gasteiger partial charge in [0, 0.05) is 31.1 Å². The van der Waals surface area contributed by atoms with Crippen LogP contribution in [0.25, 0.3) is 0 Å². The van der Waals surface area contributed by atoms with E-state index < -0.39 is 10.0 Å². The minimum Gasteiger partial charge on any atom is -0.399 e. The standard InChI is InChI=1S/C13H21N3O3S/c1-9-8-16(4-3-5-19-9)12-6-11(14)7-13(10(12)2)20(15,17)18/h6-7,9H,3-5,8,14H2,1-2H3,(H2,15,17,18). The van der Waals surface area contributed by atoms with Gasteiger partial charge in [-0.1, -0.05) is 0 Å². The fraction of sp³-hybridized carbons (Fsp3) is 0.538. The number of anilines is 2. The first kappa shape index (κ1) is 15.1. The van der Waals surface area contributed by atoms with Gasteiger partial charge in [0.05, 0.1) is 11.0 Å². The SMILES string of the molecule is Cc1c(N2CCCOC(C)C2)cc(N)cc1S(N)(=O)=O. The van der Waals surface area contributed by atoms with Crippen LogP contribution in [0.4, 0.5) is 11.4 Å². The van der Waals surface area contributed by atoms with E-state index in [-0.39, 0.29) is 11.0 Å². The van der Waals surface area contributed by atoms with E-state index in [0.29, 0.717) is 24.4 Å². The van der Waals surface area contributed by atoms with Crippen LogP contribution in [0.1, 0.15) is 18.9 Å². The van der Waals surface area contributed by atoms with Crippen LogP contribution < -0.4 is 15.8 Å². The lowest BCUT2D eigenvalue weighted by atomic mass is 10.1. The number of primary sulfonamides is 1. The molecule has 20 heavy (non-hydrogen) atoms. The van der Waals surface area contributed by atoms with E-state index in [2.05, 4.69) is 4.90 Å².